The van der Waals surface area contributed by atoms with E-state index in [1.165, 1.54) is 5.56 Å². The molecule has 0 aliphatic rings. The highest BCUT2D eigenvalue weighted by atomic mass is 35.5. The molecule has 1 aromatic carbocycles. The molecule has 0 saturated carbocycles. The van der Waals surface area contributed by atoms with Crippen LogP contribution in [0, 0.1) is 0 Å². The van der Waals surface area contributed by atoms with Crippen molar-refractivity contribution in [2.75, 3.05) is 14.2 Å². The first kappa shape index (κ1) is 13.9. The number of hydrogen-bond acceptors (Lipinski definition) is 3. The minimum atomic E-state index is 0.727. The van der Waals surface area contributed by atoms with E-state index in [1.807, 2.05) is 42.3 Å². The summed E-state index contributed by atoms with van der Waals surface area (Å²) in [6.45, 7) is 1.61. The predicted molar refractivity (Wildman–Crippen MR) is 76.4 cm³/mol. The summed E-state index contributed by atoms with van der Waals surface area (Å²) in [6, 6.07) is 5.68. The Morgan fingerprint density at radius 3 is 2.79 bits per heavy atom. The summed E-state index contributed by atoms with van der Waals surface area (Å²) in [6.07, 6.45) is 3.90. The number of nitrogens with zero attached hydrogens (tertiary/aromatic N) is 3. The van der Waals surface area contributed by atoms with Crippen molar-refractivity contribution in [1.29, 1.82) is 0 Å². The molecule has 0 aliphatic heterocycles. The second kappa shape index (κ2) is 6.08. The molecular formula is C14H18ClN3O. The van der Waals surface area contributed by atoms with Crippen LogP contribution in [0.5, 0.6) is 5.75 Å². The van der Waals surface area contributed by atoms with Crippen LogP contribution in [0.25, 0.3) is 0 Å². The Balaban J connectivity index is 2.05. The number of benzene rings is 1. The van der Waals surface area contributed by atoms with Gasteiger partial charge in [0.15, 0.2) is 0 Å². The van der Waals surface area contributed by atoms with Gasteiger partial charge < -0.3 is 4.74 Å². The fourth-order valence-electron chi connectivity index (χ4n) is 2.08. The summed E-state index contributed by atoms with van der Waals surface area (Å²) in [5, 5.41) is 4.90. The van der Waals surface area contributed by atoms with Gasteiger partial charge in [-0.1, -0.05) is 11.6 Å². The summed E-state index contributed by atoms with van der Waals surface area (Å²) >= 11 is 6.03. The van der Waals surface area contributed by atoms with Crippen molar-refractivity contribution < 1.29 is 4.74 Å². The number of hydrogen-bond donors (Lipinski definition) is 0. The minimum Gasteiger partial charge on any atom is -0.496 e. The molecule has 0 amide bonds. The number of halogens is 1. The third kappa shape index (κ3) is 3.72. The first-order valence-corrected chi connectivity index (χ1v) is 6.45. The van der Waals surface area contributed by atoms with Gasteiger partial charge in [0.1, 0.15) is 5.75 Å². The first-order valence-electron chi connectivity index (χ1n) is 6.07. The molecule has 2 rings (SSSR count). The number of ether oxygens (including phenoxy) is 1. The SMILES string of the molecule is COc1ccc(Cl)cc1CN(C)Cc1cnn(C)c1. The molecule has 0 saturated heterocycles. The summed E-state index contributed by atoms with van der Waals surface area (Å²) in [5.41, 5.74) is 2.27. The molecule has 102 valence electrons. The molecule has 0 radical (unpaired) electrons. The van der Waals surface area contributed by atoms with E-state index in [0.29, 0.717) is 0 Å². The maximum absolute atomic E-state index is 6.03. The summed E-state index contributed by atoms with van der Waals surface area (Å²) in [4.78, 5) is 2.20. The largest absolute Gasteiger partial charge is 0.496 e. The lowest BCUT2D eigenvalue weighted by Gasteiger charge is -2.17. The molecule has 5 heteroatoms. The van der Waals surface area contributed by atoms with Crippen LogP contribution in [0.2, 0.25) is 5.02 Å². The highest BCUT2D eigenvalue weighted by Gasteiger charge is 2.08. The standard InChI is InChI=1S/C14H18ClN3O/c1-17(8-11-7-16-18(2)9-11)10-12-6-13(15)4-5-14(12)19-3/h4-7,9H,8,10H2,1-3H3. The molecule has 0 spiro atoms. The van der Waals surface area contributed by atoms with Crippen molar-refractivity contribution in [2.24, 2.45) is 7.05 Å². The van der Waals surface area contributed by atoms with E-state index in [9.17, 15) is 0 Å². The van der Waals surface area contributed by atoms with E-state index in [1.54, 1.807) is 7.11 Å². The van der Waals surface area contributed by atoms with Gasteiger partial charge in [0.2, 0.25) is 0 Å². The maximum Gasteiger partial charge on any atom is 0.123 e. The molecule has 19 heavy (non-hydrogen) atoms. The smallest absolute Gasteiger partial charge is 0.123 e. The normalized spacial score (nSPS) is 11.0. The van der Waals surface area contributed by atoms with E-state index < -0.39 is 0 Å². The van der Waals surface area contributed by atoms with E-state index in [0.717, 1.165) is 29.4 Å². The Hall–Kier alpha value is -1.52. The fourth-order valence-corrected chi connectivity index (χ4v) is 2.28. The van der Waals surface area contributed by atoms with Gasteiger partial charge >= 0.3 is 0 Å². The van der Waals surface area contributed by atoms with Crippen molar-refractivity contribution in [2.45, 2.75) is 13.1 Å². The number of aromatic nitrogens is 2. The molecule has 4 nitrogen and oxygen atoms in total. The third-order valence-corrected chi connectivity index (χ3v) is 3.13. The lowest BCUT2D eigenvalue weighted by Crippen LogP contribution is -2.17. The minimum absolute atomic E-state index is 0.727. The average Bonchev–Trinajstić information content (AvgIpc) is 2.75. The van der Waals surface area contributed by atoms with Crippen LogP contribution < -0.4 is 4.74 Å². The van der Waals surface area contributed by atoms with Crippen LogP contribution in [0.15, 0.2) is 30.6 Å². The number of methoxy groups -OCH3 is 1. The predicted octanol–water partition coefficient (Wildman–Crippen LogP) is 2.71. The Kier molecular flexibility index (Phi) is 4.45. The van der Waals surface area contributed by atoms with Gasteiger partial charge in [-0.15, -0.1) is 0 Å². The van der Waals surface area contributed by atoms with Crippen molar-refractivity contribution in [3.8, 4) is 5.75 Å². The molecule has 0 N–H and O–H groups in total. The van der Waals surface area contributed by atoms with Gasteiger partial charge in [-0.25, -0.2) is 0 Å². The van der Waals surface area contributed by atoms with Crippen LogP contribution in [0.1, 0.15) is 11.1 Å². The quantitative estimate of drug-likeness (QED) is 0.843. The van der Waals surface area contributed by atoms with Crippen LogP contribution >= 0.6 is 11.6 Å². The van der Waals surface area contributed by atoms with Crippen LogP contribution in [-0.4, -0.2) is 28.8 Å². The van der Waals surface area contributed by atoms with E-state index in [2.05, 4.69) is 17.0 Å². The van der Waals surface area contributed by atoms with Gasteiger partial charge in [0, 0.05) is 42.5 Å². The highest BCUT2D eigenvalue weighted by molar-refractivity contribution is 6.30. The zero-order valence-electron chi connectivity index (χ0n) is 11.4. The topological polar surface area (TPSA) is 30.3 Å². The zero-order valence-corrected chi connectivity index (χ0v) is 12.2. The molecule has 1 heterocycles. The van der Waals surface area contributed by atoms with Crippen LogP contribution in [0.3, 0.4) is 0 Å². The van der Waals surface area contributed by atoms with Gasteiger partial charge in [0.25, 0.3) is 0 Å². The number of aryl methyl sites for hydroxylation is 1. The zero-order chi connectivity index (χ0) is 13.8. The number of rotatable bonds is 5. The van der Waals surface area contributed by atoms with Crippen molar-refractivity contribution in [1.82, 2.24) is 14.7 Å². The molecule has 2 aromatic rings. The molecule has 0 atom stereocenters. The van der Waals surface area contributed by atoms with E-state index in [4.69, 9.17) is 16.3 Å². The first-order chi connectivity index (χ1) is 9.08. The van der Waals surface area contributed by atoms with Crippen molar-refractivity contribution >= 4 is 11.6 Å². The van der Waals surface area contributed by atoms with Crippen molar-refractivity contribution in [3.63, 3.8) is 0 Å². The summed E-state index contributed by atoms with van der Waals surface area (Å²) in [5.74, 6) is 0.863. The molecule has 0 bridgehead atoms. The van der Waals surface area contributed by atoms with Crippen molar-refractivity contribution in [3.05, 3.63) is 46.7 Å². The lowest BCUT2D eigenvalue weighted by molar-refractivity contribution is 0.310. The molecular weight excluding hydrogens is 262 g/mol. The highest BCUT2D eigenvalue weighted by Crippen LogP contribution is 2.24. The molecule has 1 aromatic heterocycles. The van der Waals surface area contributed by atoms with E-state index >= 15 is 0 Å². The lowest BCUT2D eigenvalue weighted by atomic mass is 10.2. The van der Waals surface area contributed by atoms with Gasteiger partial charge in [-0.3, -0.25) is 9.58 Å². The van der Waals surface area contributed by atoms with Crippen LogP contribution in [0.4, 0.5) is 0 Å². The van der Waals surface area contributed by atoms with Gasteiger partial charge in [0.05, 0.1) is 13.3 Å². The Morgan fingerprint density at radius 1 is 1.37 bits per heavy atom. The summed E-state index contributed by atoms with van der Waals surface area (Å²) in [7, 11) is 5.66. The van der Waals surface area contributed by atoms with Gasteiger partial charge in [-0.2, -0.15) is 5.10 Å². The monoisotopic (exact) mass is 279 g/mol. The molecule has 0 unspecified atom stereocenters. The van der Waals surface area contributed by atoms with Crippen LogP contribution in [-0.2, 0) is 20.1 Å². The second-order valence-electron chi connectivity index (χ2n) is 4.65. The summed E-state index contributed by atoms with van der Waals surface area (Å²) < 4.78 is 7.16. The third-order valence-electron chi connectivity index (χ3n) is 2.89. The Labute approximate surface area is 118 Å². The fraction of sp³-hybridized carbons (Fsp3) is 0.357. The Bertz CT molecular complexity index is 553. The van der Waals surface area contributed by atoms with Gasteiger partial charge in [-0.05, 0) is 25.2 Å². The second-order valence-corrected chi connectivity index (χ2v) is 5.09. The Morgan fingerprint density at radius 2 is 2.16 bits per heavy atom. The van der Waals surface area contributed by atoms with E-state index in [-0.39, 0.29) is 0 Å². The maximum atomic E-state index is 6.03. The molecule has 0 fully saturated rings. The average molecular weight is 280 g/mol. The molecule has 0 aliphatic carbocycles.